The molecular formula is C20H29BO. The van der Waals surface area contributed by atoms with Crippen LogP contribution in [0, 0.1) is 0 Å². The summed E-state index contributed by atoms with van der Waals surface area (Å²) in [5.41, 5.74) is 1.14. The van der Waals surface area contributed by atoms with Crippen molar-refractivity contribution in [2.45, 2.75) is 75.8 Å². The number of rotatable bonds is 5. The Morgan fingerprint density at radius 1 is 0.818 bits per heavy atom. The van der Waals surface area contributed by atoms with Crippen molar-refractivity contribution >= 4 is 12.7 Å². The summed E-state index contributed by atoms with van der Waals surface area (Å²) in [5, 5.41) is 0. The number of benzene rings is 1. The van der Waals surface area contributed by atoms with Gasteiger partial charge in [-0.1, -0.05) is 101 Å². The Morgan fingerprint density at radius 2 is 1.32 bits per heavy atom. The average molecular weight is 296 g/mol. The van der Waals surface area contributed by atoms with Crippen LogP contribution in [0.2, 0.25) is 11.6 Å². The average Bonchev–Trinajstić information content (AvgIpc) is 2.62. The number of hydrogen-bond acceptors (Lipinski definition) is 1. The molecule has 0 heterocycles. The van der Waals surface area contributed by atoms with Crippen molar-refractivity contribution in [3.8, 4) is 0 Å². The summed E-state index contributed by atoms with van der Waals surface area (Å²) in [5.74, 6) is 2.37. The molecule has 1 aromatic carbocycles. The van der Waals surface area contributed by atoms with Crippen LogP contribution < -0.4 is 0 Å². The first kappa shape index (κ1) is 15.7. The van der Waals surface area contributed by atoms with E-state index in [0.717, 1.165) is 23.0 Å². The fourth-order valence-electron chi connectivity index (χ4n) is 4.36. The van der Waals surface area contributed by atoms with E-state index in [1.165, 1.54) is 64.2 Å². The predicted octanol–water partition coefficient (Wildman–Crippen LogP) is 6.33. The Kier molecular flexibility index (Phi) is 5.64. The third-order valence-electron chi connectivity index (χ3n) is 5.60. The van der Waals surface area contributed by atoms with Crippen LogP contribution in [0.4, 0.5) is 0 Å². The molecule has 0 unspecified atom stereocenters. The maximum absolute atomic E-state index is 6.52. The van der Waals surface area contributed by atoms with Crippen LogP contribution in [0.3, 0.4) is 0 Å². The molecular weight excluding hydrogens is 267 g/mol. The zero-order chi connectivity index (χ0) is 15.2. The molecule has 1 nitrogen and oxygen atoms in total. The lowest BCUT2D eigenvalue weighted by molar-refractivity contribution is 0.393. The predicted molar refractivity (Wildman–Crippen MR) is 96.0 cm³/mol. The van der Waals surface area contributed by atoms with Gasteiger partial charge >= 0.3 is 6.92 Å². The molecule has 0 radical (unpaired) electrons. The summed E-state index contributed by atoms with van der Waals surface area (Å²) < 4.78 is 6.52. The molecule has 2 heteroatoms. The minimum atomic E-state index is 0.397. The highest BCUT2D eigenvalue weighted by Gasteiger charge is 2.38. The standard InChI is InChI=1S/C20H29BO/c1-17(18-11-5-2-6-12-18)22-21(19-13-7-3-8-14-19)20-15-9-4-10-16-20/h2,5-6,11-12,19-20H,1,3-4,7-10,13-16H2. The summed E-state index contributed by atoms with van der Waals surface area (Å²) in [6, 6.07) is 10.4. The fraction of sp³-hybridized carbons (Fsp3) is 0.600. The lowest BCUT2D eigenvalue weighted by atomic mass is 9.41. The van der Waals surface area contributed by atoms with Gasteiger partial charge in [-0.2, -0.15) is 0 Å². The summed E-state index contributed by atoms with van der Waals surface area (Å²) in [6.07, 6.45) is 13.8. The molecule has 2 fully saturated rings. The van der Waals surface area contributed by atoms with E-state index in [1.807, 2.05) is 0 Å². The van der Waals surface area contributed by atoms with Crippen LogP contribution in [0.1, 0.15) is 69.8 Å². The Balaban J connectivity index is 1.71. The molecule has 22 heavy (non-hydrogen) atoms. The molecule has 2 saturated carbocycles. The summed E-state index contributed by atoms with van der Waals surface area (Å²) >= 11 is 0. The molecule has 0 aliphatic heterocycles. The highest BCUT2D eigenvalue weighted by atomic mass is 16.4. The SMILES string of the molecule is C=C(OB(C1CCCCC1)C1CCCCC1)c1ccccc1. The Morgan fingerprint density at radius 3 is 1.82 bits per heavy atom. The lowest BCUT2D eigenvalue weighted by Crippen LogP contribution is -2.32. The highest BCUT2D eigenvalue weighted by molar-refractivity contribution is 6.56. The van der Waals surface area contributed by atoms with E-state index in [1.54, 1.807) is 0 Å². The van der Waals surface area contributed by atoms with Gasteiger partial charge in [-0.3, -0.25) is 0 Å². The molecule has 2 aliphatic carbocycles. The third kappa shape index (κ3) is 3.97. The van der Waals surface area contributed by atoms with Gasteiger partial charge in [0, 0.05) is 5.56 Å². The zero-order valence-corrected chi connectivity index (χ0v) is 13.8. The first-order valence-corrected chi connectivity index (χ1v) is 9.25. The monoisotopic (exact) mass is 296 g/mol. The fourth-order valence-corrected chi connectivity index (χ4v) is 4.36. The van der Waals surface area contributed by atoms with Crippen molar-refractivity contribution in [2.24, 2.45) is 0 Å². The van der Waals surface area contributed by atoms with Gasteiger partial charge in [0.2, 0.25) is 0 Å². The zero-order valence-electron chi connectivity index (χ0n) is 13.8. The van der Waals surface area contributed by atoms with E-state index in [2.05, 4.69) is 36.9 Å². The normalized spacial score (nSPS) is 20.5. The van der Waals surface area contributed by atoms with Crippen molar-refractivity contribution < 1.29 is 4.65 Å². The van der Waals surface area contributed by atoms with Gasteiger partial charge in [-0.25, -0.2) is 0 Å². The van der Waals surface area contributed by atoms with E-state index in [9.17, 15) is 0 Å². The topological polar surface area (TPSA) is 9.23 Å². The second kappa shape index (κ2) is 7.90. The molecule has 0 N–H and O–H groups in total. The van der Waals surface area contributed by atoms with Crippen molar-refractivity contribution in [2.75, 3.05) is 0 Å². The Labute approximate surface area is 136 Å². The molecule has 0 atom stereocenters. The van der Waals surface area contributed by atoms with Crippen molar-refractivity contribution in [3.05, 3.63) is 42.5 Å². The van der Waals surface area contributed by atoms with Gasteiger partial charge in [0.05, 0.1) is 5.76 Å². The minimum Gasteiger partial charge on any atom is -0.560 e. The van der Waals surface area contributed by atoms with Crippen molar-refractivity contribution in [1.82, 2.24) is 0 Å². The molecule has 0 amide bonds. The Bertz CT molecular complexity index is 440. The largest absolute Gasteiger partial charge is 0.560 e. The quantitative estimate of drug-likeness (QED) is 0.455. The van der Waals surface area contributed by atoms with Crippen molar-refractivity contribution in [3.63, 3.8) is 0 Å². The first-order valence-electron chi connectivity index (χ1n) is 9.25. The van der Waals surface area contributed by atoms with Crippen LogP contribution in [0.5, 0.6) is 0 Å². The third-order valence-corrected chi connectivity index (χ3v) is 5.60. The summed E-state index contributed by atoms with van der Waals surface area (Å²) in [7, 11) is 0. The molecule has 0 aromatic heterocycles. The van der Waals surface area contributed by atoms with E-state index in [0.29, 0.717) is 6.92 Å². The van der Waals surface area contributed by atoms with E-state index in [-0.39, 0.29) is 0 Å². The van der Waals surface area contributed by atoms with Crippen LogP contribution >= 0.6 is 0 Å². The minimum absolute atomic E-state index is 0.397. The summed E-state index contributed by atoms with van der Waals surface area (Å²) in [4.78, 5) is 0. The molecule has 0 spiro atoms. The maximum atomic E-state index is 6.52. The molecule has 0 saturated heterocycles. The van der Waals surface area contributed by atoms with E-state index in [4.69, 9.17) is 4.65 Å². The number of hydrogen-bond donors (Lipinski definition) is 0. The molecule has 2 aliphatic rings. The molecule has 118 valence electrons. The summed E-state index contributed by atoms with van der Waals surface area (Å²) in [6.45, 7) is 4.63. The molecule has 3 rings (SSSR count). The second-order valence-corrected chi connectivity index (χ2v) is 7.17. The van der Waals surface area contributed by atoms with Crippen molar-refractivity contribution in [1.29, 1.82) is 0 Å². The van der Waals surface area contributed by atoms with Crippen LogP contribution in [0.25, 0.3) is 5.76 Å². The molecule has 0 bridgehead atoms. The van der Waals surface area contributed by atoms with Gasteiger partial charge < -0.3 is 4.65 Å². The lowest BCUT2D eigenvalue weighted by Gasteiger charge is -2.35. The smallest absolute Gasteiger partial charge is 0.363 e. The molecule has 1 aromatic rings. The van der Waals surface area contributed by atoms with Gasteiger partial charge in [0.1, 0.15) is 0 Å². The van der Waals surface area contributed by atoms with Gasteiger partial charge in [0.15, 0.2) is 0 Å². The Hall–Kier alpha value is -1.18. The first-order chi connectivity index (χ1) is 10.8. The van der Waals surface area contributed by atoms with E-state index < -0.39 is 0 Å². The van der Waals surface area contributed by atoms with Gasteiger partial charge in [0.25, 0.3) is 0 Å². The highest BCUT2D eigenvalue weighted by Crippen LogP contribution is 2.43. The van der Waals surface area contributed by atoms with Crippen LogP contribution in [-0.2, 0) is 4.65 Å². The second-order valence-electron chi connectivity index (χ2n) is 7.17. The van der Waals surface area contributed by atoms with Crippen LogP contribution in [0.15, 0.2) is 36.9 Å². The maximum Gasteiger partial charge on any atom is 0.363 e. The van der Waals surface area contributed by atoms with Gasteiger partial charge in [-0.15, -0.1) is 0 Å². The van der Waals surface area contributed by atoms with Gasteiger partial charge in [-0.05, 0) is 11.6 Å². The van der Waals surface area contributed by atoms with Crippen LogP contribution in [-0.4, -0.2) is 6.92 Å². The van der Waals surface area contributed by atoms with E-state index >= 15 is 0 Å².